The molecular weight excluding hydrogens is 286 g/mol. The number of aryl methyl sites for hydroxylation is 1. The van der Waals surface area contributed by atoms with Gasteiger partial charge in [0.2, 0.25) is 11.8 Å². The van der Waals surface area contributed by atoms with Crippen LogP contribution in [0.4, 0.5) is 5.95 Å². The molecule has 1 aromatic carbocycles. The zero-order valence-electron chi connectivity index (χ0n) is 12.2. The summed E-state index contributed by atoms with van der Waals surface area (Å²) in [6.07, 6.45) is 0.963. The lowest BCUT2D eigenvalue weighted by atomic mass is 10.2. The van der Waals surface area contributed by atoms with Crippen LogP contribution in [-0.2, 0) is 13.1 Å². The van der Waals surface area contributed by atoms with Gasteiger partial charge in [-0.15, -0.1) is 5.10 Å². The number of nitrogens with zero attached hydrogens (tertiary/aromatic N) is 3. The minimum absolute atomic E-state index is 0.0621. The van der Waals surface area contributed by atoms with Gasteiger partial charge in [0, 0.05) is 19.6 Å². The molecule has 8 heteroatoms. The van der Waals surface area contributed by atoms with E-state index >= 15 is 0 Å². The molecule has 0 unspecified atom stereocenters. The monoisotopic (exact) mass is 303 g/mol. The van der Waals surface area contributed by atoms with Crippen LogP contribution in [0.3, 0.4) is 0 Å². The molecule has 0 saturated heterocycles. The zero-order chi connectivity index (χ0) is 15.5. The van der Waals surface area contributed by atoms with E-state index in [2.05, 4.69) is 20.7 Å². The first-order valence-corrected chi connectivity index (χ1v) is 7.00. The fourth-order valence-electron chi connectivity index (χ4n) is 2.25. The van der Waals surface area contributed by atoms with Crippen LogP contribution in [0, 0.1) is 0 Å². The average molecular weight is 303 g/mol. The first kappa shape index (κ1) is 14.2. The highest BCUT2D eigenvalue weighted by molar-refractivity contribution is 5.90. The number of hydrogen-bond donors (Lipinski definition) is 3. The molecule has 116 valence electrons. The molecule has 3 N–H and O–H groups in total. The molecule has 8 nitrogen and oxygen atoms in total. The summed E-state index contributed by atoms with van der Waals surface area (Å²) in [7, 11) is 1.48. The summed E-state index contributed by atoms with van der Waals surface area (Å²) in [5, 5.41) is 19.6. The van der Waals surface area contributed by atoms with E-state index in [1.807, 2.05) is 0 Å². The third-order valence-electron chi connectivity index (χ3n) is 3.40. The molecule has 0 saturated carbocycles. The van der Waals surface area contributed by atoms with E-state index in [0.29, 0.717) is 18.2 Å². The van der Waals surface area contributed by atoms with Gasteiger partial charge >= 0.3 is 0 Å². The number of benzene rings is 1. The van der Waals surface area contributed by atoms with Crippen LogP contribution >= 0.6 is 0 Å². The van der Waals surface area contributed by atoms with Crippen LogP contribution in [0.1, 0.15) is 22.6 Å². The summed E-state index contributed by atoms with van der Waals surface area (Å²) in [6.45, 7) is 1.90. The highest BCUT2D eigenvalue weighted by Crippen LogP contribution is 2.26. The molecule has 1 aliphatic rings. The minimum atomic E-state index is -0.337. The van der Waals surface area contributed by atoms with Crippen molar-refractivity contribution in [1.29, 1.82) is 0 Å². The van der Waals surface area contributed by atoms with Crippen LogP contribution in [0.5, 0.6) is 11.5 Å². The number of methoxy groups -OCH3 is 1. The lowest BCUT2D eigenvalue weighted by Gasteiger charge is -2.12. The molecule has 0 fully saturated rings. The van der Waals surface area contributed by atoms with E-state index in [0.717, 1.165) is 25.1 Å². The normalized spacial score (nSPS) is 13.1. The number of phenols is 1. The molecule has 0 bridgehead atoms. The fourth-order valence-corrected chi connectivity index (χ4v) is 2.25. The molecule has 22 heavy (non-hydrogen) atoms. The molecular formula is C14H17N5O3. The number of fused-ring (bicyclic) bond motifs is 1. The van der Waals surface area contributed by atoms with Crippen molar-refractivity contribution in [3.8, 4) is 11.5 Å². The maximum Gasteiger partial charge on any atom is 0.291 e. The summed E-state index contributed by atoms with van der Waals surface area (Å²) in [4.78, 5) is 16.3. The summed E-state index contributed by atoms with van der Waals surface area (Å²) in [6, 6.07) is 4.91. The number of anilines is 1. The standard InChI is InChI=1S/C14H17N5O3/c1-22-11-7-9(3-4-10(11)20)8-16-13(21)12-17-14-15-5-2-6-19(14)18-12/h3-4,7,20H,2,5-6,8H2,1H3,(H,16,21)(H,15,17,18). The van der Waals surface area contributed by atoms with Gasteiger partial charge in [-0.25, -0.2) is 4.68 Å². The van der Waals surface area contributed by atoms with Gasteiger partial charge in [0.25, 0.3) is 5.91 Å². The number of aromatic nitrogens is 3. The van der Waals surface area contributed by atoms with E-state index in [9.17, 15) is 9.90 Å². The van der Waals surface area contributed by atoms with Gasteiger partial charge in [-0.1, -0.05) is 6.07 Å². The number of amides is 1. The molecule has 0 aliphatic carbocycles. The molecule has 2 heterocycles. The smallest absolute Gasteiger partial charge is 0.291 e. The third kappa shape index (κ3) is 2.80. The molecule has 1 aliphatic heterocycles. The van der Waals surface area contributed by atoms with E-state index in [-0.39, 0.29) is 17.5 Å². The van der Waals surface area contributed by atoms with Crippen molar-refractivity contribution in [3.63, 3.8) is 0 Å². The number of aromatic hydroxyl groups is 1. The van der Waals surface area contributed by atoms with Crippen molar-refractivity contribution in [2.75, 3.05) is 19.0 Å². The van der Waals surface area contributed by atoms with Crippen LogP contribution in [0.25, 0.3) is 0 Å². The Morgan fingerprint density at radius 2 is 2.41 bits per heavy atom. The van der Waals surface area contributed by atoms with Crippen LogP contribution in [-0.4, -0.2) is 39.4 Å². The second-order valence-corrected chi connectivity index (χ2v) is 4.95. The molecule has 1 aromatic heterocycles. The predicted molar refractivity (Wildman–Crippen MR) is 79.0 cm³/mol. The van der Waals surface area contributed by atoms with Crippen molar-refractivity contribution in [1.82, 2.24) is 20.1 Å². The second kappa shape index (κ2) is 5.92. The Hall–Kier alpha value is -2.77. The quantitative estimate of drug-likeness (QED) is 0.770. The number of ether oxygens (including phenoxy) is 1. The molecule has 0 radical (unpaired) electrons. The van der Waals surface area contributed by atoms with Gasteiger partial charge in [0.05, 0.1) is 7.11 Å². The maximum atomic E-state index is 12.1. The van der Waals surface area contributed by atoms with Crippen molar-refractivity contribution in [2.24, 2.45) is 0 Å². The Balaban J connectivity index is 1.66. The first-order valence-electron chi connectivity index (χ1n) is 7.00. The first-order chi connectivity index (χ1) is 10.7. The number of carbonyl (C=O) groups is 1. The van der Waals surface area contributed by atoms with Crippen molar-refractivity contribution in [3.05, 3.63) is 29.6 Å². The van der Waals surface area contributed by atoms with Gasteiger partial charge in [-0.3, -0.25) is 4.79 Å². The topological polar surface area (TPSA) is 101 Å². The average Bonchev–Trinajstić information content (AvgIpc) is 2.98. The van der Waals surface area contributed by atoms with Crippen LogP contribution in [0.2, 0.25) is 0 Å². The zero-order valence-corrected chi connectivity index (χ0v) is 12.2. The lowest BCUT2D eigenvalue weighted by Crippen LogP contribution is -2.24. The largest absolute Gasteiger partial charge is 0.504 e. The van der Waals surface area contributed by atoms with Gasteiger partial charge in [-0.05, 0) is 24.1 Å². The Morgan fingerprint density at radius 1 is 1.55 bits per heavy atom. The van der Waals surface area contributed by atoms with E-state index < -0.39 is 0 Å². The third-order valence-corrected chi connectivity index (χ3v) is 3.40. The van der Waals surface area contributed by atoms with E-state index in [4.69, 9.17) is 4.74 Å². The highest BCUT2D eigenvalue weighted by atomic mass is 16.5. The molecule has 2 aromatic rings. The Kier molecular flexibility index (Phi) is 3.82. The highest BCUT2D eigenvalue weighted by Gasteiger charge is 2.18. The van der Waals surface area contributed by atoms with Crippen molar-refractivity contribution < 1.29 is 14.6 Å². The number of phenolic OH excluding ortho intramolecular Hbond substituents is 1. The summed E-state index contributed by atoms with van der Waals surface area (Å²) in [5.74, 6) is 0.868. The van der Waals surface area contributed by atoms with Gasteiger partial charge in [0.1, 0.15) is 0 Å². The summed E-state index contributed by atoms with van der Waals surface area (Å²) >= 11 is 0. The number of rotatable bonds is 4. The van der Waals surface area contributed by atoms with Crippen molar-refractivity contribution >= 4 is 11.9 Å². The number of carbonyl (C=O) groups excluding carboxylic acids is 1. The lowest BCUT2D eigenvalue weighted by molar-refractivity contribution is 0.0940. The predicted octanol–water partition coefficient (Wildman–Crippen LogP) is 0.738. The van der Waals surface area contributed by atoms with Gasteiger partial charge < -0.3 is 20.5 Å². The van der Waals surface area contributed by atoms with Crippen molar-refractivity contribution in [2.45, 2.75) is 19.5 Å². The van der Waals surface area contributed by atoms with Crippen LogP contribution < -0.4 is 15.4 Å². The SMILES string of the molecule is COc1cc(CNC(=O)c2nc3n(n2)CCCN3)ccc1O. The maximum absolute atomic E-state index is 12.1. The second-order valence-electron chi connectivity index (χ2n) is 4.95. The molecule has 3 rings (SSSR count). The Bertz CT molecular complexity index is 674. The number of nitrogens with one attached hydrogen (secondary N) is 2. The molecule has 0 atom stereocenters. The van der Waals surface area contributed by atoms with Gasteiger partial charge in [-0.2, -0.15) is 4.98 Å². The number of hydrogen-bond acceptors (Lipinski definition) is 6. The molecule has 0 spiro atoms. The fraction of sp³-hybridized carbons (Fsp3) is 0.357. The summed E-state index contributed by atoms with van der Waals surface area (Å²) < 4.78 is 6.73. The van der Waals surface area contributed by atoms with E-state index in [1.54, 1.807) is 16.8 Å². The van der Waals surface area contributed by atoms with E-state index in [1.165, 1.54) is 13.2 Å². The Labute approximate surface area is 127 Å². The van der Waals surface area contributed by atoms with Gasteiger partial charge in [0.15, 0.2) is 11.5 Å². The van der Waals surface area contributed by atoms with Crippen LogP contribution in [0.15, 0.2) is 18.2 Å². The minimum Gasteiger partial charge on any atom is -0.504 e. The molecule has 1 amide bonds. The Morgan fingerprint density at radius 3 is 3.18 bits per heavy atom. The summed E-state index contributed by atoms with van der Waals surface area (Å²) in [5.41, 5.74) is 0.810.